The number of nitrogens with one attached hydrogen (secondary N) is 1. The Morgan fingerprint density at radius 1 is 1.62 bits per heavy atom. The van der Waals surface area contributed by atoms with Gasteiger partial charge in [0.05, 0.1) is 37.6 Å². The summed E-state index contributed by atoms with van der Waals surface area (Å²) in [6, 6.07) is -0.478. The third-order valence-corrected chi connectivity index (χ3v) is 2.33. The molecule has 0 radical (unpaired) electrons. The summed E-state index contributed by atoms with van der Waals surface area (Å²) >= 11 is 0. The van der Waals surface area contributed by atoms with Crippen molar-refractivity contribution in [1.29, 1.82) is 0 Å². The molecule has 0 aromatic rings. The van der Waals surface area contributed by atoms with Crippen LogP contribution in [0.15, 0.2) is 0 Å². The van der Waals surface area contributed by atoms with Gasteiger partial charge in [-0.15, -0.1) is 0 Å². The monoisotopic (exact) mass is 233 g/mol. The van der Waals surface area contributed by atoms with Crippen LogP contribution in [0.5, 0.6) is 0 Å². The van der Waals surface area contributed by atoms with Crippen LogP contribution in [0.1, 0.15) is 20.3 Å². The lowest BCUT2D eigenvalue weighted by molar-refractivity contribution is -0.0826. The smallest absolute Gasteiger partial charge is 0.407 e. The van der Waals surface area contributed by atoms with Crippen LogP contribution in [0, 0.1) is 0 Å². The molecule has 1 heterocycles. The van der Waals surface area contributed by atoms with E-state index in [4.69, 9.17) is 14.6 Å². The first kappa shape index (κ1) is 13.2. The third kappa shape index (κ3) is 3.96. The van der Waals surface area contributed by atoms with E-state index in [0.29, 0.717) is 6.42 Å². The van der Waals surface area contributed by atoms with E-state index in [0.717, 1.165) is 0 Å². The summed E-state index contributed by atoms with van der Waals surface area (Å²) in [6.07, 6.45) is -1.53. The van der Waals surface area contributed by atoms with Crippen molar-refractivity contribution < 1.29 is 24.5 Å². The fourth-order valence-corrected chi connectivity index (χ4v) is 1.52. The predicted octanol–water partition coefficient (Wildman–Crippen LogP) is -0.368. The zero-order valence-corrected chi connectivity index (χ0v) is 9.55. The van der Waals surface area contributed by atoms with Gasteiger partial charge in [0.25, 0.3) is 0 Å². The second-order valence-electron chi connectivity index (χ2n) is 4.15. The van der Waals surface area contributed by atoms with Crippen LogP contribution in [-0.4, -0.2) is 53.9 Å². The van der Waals surface area contributed by atoms with E-state index >= 15 is 0 Å². The van der Waals surface area contributed by atoms with Gasteiger partial charge in [-0.05, 0) is 13.8 Å². The van der Waals surface area contributed by atoms with Crippen molar-refractivity contribution in [3.8, 4) is 0 Å². The van der Waals surface area contributed by atoms with E-state index in [1.54, 1.807) is 13.8 Å². The summed E-state index contributed by atoms with van der Waals surface area (Å²) in [6.45, 7) is 3.55. The molecule has 6 nitrogen and oxygen atoms in total. The number of hydrogen-bond donors (Lipinski definition) is 3. The number of aliphatic hydroxyl groups excluding tert-OH is 2. The maximum Gasteiger partial charge on any atom is 0.407 e. The Morgan fingerprint density at radius 2 is 2.31 bits per heavy atom. The molecule has 6 heteroatoms. The van der Waals surface area contributed by atoms with Gasteiger partial charge < -0.3 is 25.0 Å². The summed E-state index contributed by atoms with van der Waals surface area (Å²) in [5, 5.41) is 21.1. The highest BCUT2D eigenvalue weighted by molar-refractivity contribution is 5.67. The normalized spacial score (nSPS) is 30.2. The van der Waals surface area contributed by atoms with E-state index < -0.39 is 18.2 Å². The molecule has 3 N–H and O–H groups in total. The summed E-state index contributed by atoms with van der Waals surface area (Å²) in [5.74, 6) is 0. The number of hydrogen-bond acceptors (Lipinski definition) is 5. The fourth-order valence-electron chi connectivity index (χ4n) is 1.52. The Hall–Kier alpha value is -0.850. The van der Waals surface area contributed by atoms with Gasteiger partial charge in [-0.2, -0.15) is 0 Å². The van der Waals surface area contributed by atoms with Crippen molar-refractivity contribution in [2.24, 2.45) is 0 Å². The minimum Gasteiger partial charge on any atom is -0.447 e. The summed E-state index contributed by atoms with van der Waals surface area (Å²) in [4.78, 5) is 11.3. The molecule has 1 amide bonds. The van der Waals surface area contributed by atoms with Crippen LogP contribution in [0.3, 0.4) is 0 Å². The SMILES string of the molecule is CC(C)OC(=O)NC1CO[C@H](CO)C[C@@H]1O. The number of carbonyl (C=O) groups is 1. The number of amides is 1. The number of aliphatic hydroxyl groups is 2. The van der Waals surface area contributed by atoms with Crippen LogP contribution in [0.4, 0.5) is 4.79 Å². The molecule has 0 aliphatic carbocycles. The lowest BCUT2D eigenvalue weighted by atomic mass is 10.0. The van der Waals surface area contributed by atoms with Crippen molar-refractivity contribution in [2.45, 2.75) is 44.6 Å². The molecule has 0 bridgehead atoms. The Balaban J connectivity index is 2.35. The Morgan fingerprint density at radius 3 is 2.81 bits per heavy atom. The lowest BCUT2D eigenvalue weighted by Crippen LogP contribution is -2.52. The second-order valence-corrected chi connectivity index (χ2v) is 4.15. The van der Waals surface area contributed by atoms with Gasteiger partial charge in [0, 0.05) is 6.42 Å². The molecule has 3 atom stereocenters. The van der Waals surface area contributed by atoms with Crippen LogP contribution in [0.25, 0.3) is 0 Å². The number of alkyl carbamates (subject to hydrolysis) is 1. The first-order valence-corrected chi connectivity index (χ1v) is 5.40. The van der Waals surface area contributed by atoms with Gasteiger partial charge in [0.2, 0.25) is 0 Å². The standard InChI is InChI=1S/C10H19NO5/c1-6(2)16-10(14)11-8-5-15-7(4-12)3-9(8)13/h6-9,12-13H,3-5H2,1-2H3,(H,11,14)/t7-,8?,9-/m0/s1. The second kappa shape index (κ2) is 6.03. The summed E-state index contributed by atoms with van der Waals surface area (Å²) < 4.78 is 10.1. The maximum absolute atomic E-state index is 11.3. The van der Waals surface area contributed by atoms with E-state index in [2.05, 4.69) is 5.32 Å². The van der Waals surface area contributed by atoms with Gasteiger partial charge in [-0.1, -0.05) is 0 Å². The molecule has 0 aromatic carbocycles. The minimum absolute atomic E-state index is 0.125. The quantitative estimate of drug-likeness (QED) is 0.619. The molecule has 1 saturated heterocycles. The molecule has 1 fully saturated rings. The topological polar surface area (TPSA) is 88.0 Å². The average Bonchev–Trinajstić information content (AvgIpc) is 2.19. The fraction of sp³-hybridized carbons (Fsp3) is 0.900. The van der Waals surface area contributed by atoms with E-state index in [1.165, 1.54) is 0 Å². The Labute approximate surface area is 94.5 Å². The van der Waals surface area contributed by atoms with Crippen molar-refractivity contribution in [3.63, 3.8) is 0 Å². The van der Waals surface area contributed by atoms with Crippen molar-refractivity contribution in [3.05, 3.63) is 0 Å². The van der Waals surface area contributed by atoms with Crippen LogP contribution >= 0.6 is 0 Å². The van der Waals surface area contributed by atoms with E-state index in [-0.39, 0.29) is 25.4 Å². The molecular formula is C10H19NO5. The summed E-state index contributed by atoms with van der Waals surface area (Å²) in [5.41, 5.74) is 0. The zero-order valence-electron chi connectivity index (χ0n) is 9.55. The molecule has 16 heavy (non-hydrogen) atoms. The lowest BCUT2D eigenvalue weighted by Gasteiger charge is -2.32. The van der Waals surface area contributed by atoms with E-state index in [9.17, 15) is 9.90 Å². The van der Waals surface area contributed by atoms with Gasteiger partial charge in [-0.25, -0.2) is 4.79 Å². The third-order valence-electron chi connectivity index (χ3n) is 2.33. The van der Waals surface area contributed by atoms with Gasteiger partial charge in [-0.3, -0.25) is 0 Å². The number of ether oxygens (including phenoxy) is 2. The molecule has 0 spiro atoms. The highest BCUT2D eigenvalue weighted by atomic mass is 16.6. The molecule has 94 valence electrons. The van der Waals surface area contributed by atoms with E-state index in [1.807, 2.05) is 0 Å². The van der Waals surface area contributed by atoms with Crippen molar-refractivity contribution >= 4 is 6.09 Å². The Kier molecular flexibility index (Phi) is 4.98. The van der Waals surface area contributed by atoms with Crippen LogP contribution < -0.4 is 5.32 Å². The molecule has 1 aliphatic rings. The molecule has 1 unspecified atom stereocenters. The zero-order chi connectivity index (χ0) is 12.1. The van der Waals surface area contributed by atoms with Crippen LogP contribution in [0.2, 0.25) is 0 Å². The first-order valence-electron chi connectivity index (χ1n) is 5.40. The van der Waals surface area contributed by atoms with Gasteiger partial charge >= 0.3 is 6.09 Å². The highest BCUT2D eigenvalue weighted by Gasteiger charge is 2.30. The highest BCUT2D eigenvalue weighted by Crippen LogP contribution is 2.14. The minimum atomic E-state index is -0.717. The molecule has 1 rings (SSSR count). The first-order chi connectivity index (χ1) is 7.52. The largest absolute Gasteiger partial charge is 0.447 e. The van der Waals surface area contributed by atoms with Crippen molar-refractivity contribution in [1.82, 2.24) is 5.32 Å². The molecular weight excluding hydrogens is 214 g/mol. The summed E-state index contributed by atoms with van der Waals surface area (Å²) in [7, 11) is 0. The molecule has 0 aromatic heterocycles. The average molecular weight is 233 g/mol. The maximum atomic E-state index is 11.3. The Bertz CT molecular complexity index is 233. The molecule has 1 aliphatic heterocycles. The van der Waals surface area contributed by atoms with Gasteiger partial charge in [0.15, 0.2) is 0 Å². The van der Waals surface area contributed by atoms with Crippen molar-refractivity contribution in [2.75, 3.05) is 13.2 Å². The number of carbonyl (C=O) groups excluding carboxylic acids is 1. The molecule has 0 saturated carbocycles. The van der Waals surface area contributed by atoms with Crippen LogP contribution in [-0.2, 0) is 9.47 Å². The predicted molar refractivity (Wildman–Crippen MR) is 56.0 cm³/mol. The van der Waals surface area contributed by atoms with Gasteiger partial charge in [0.1, 0.15) is 0 Å². The number of rotatable bonds is 3.